The molecule has 0 radical (unpaired) electrons. The molecule has 2 aromatic rings. The number of sulfone groups is 1. The quantitative estimate of drug-likeness (QED) is 0.742. The molecular weight excluding hydrogens is 404 g/mol. The number of hydrogen-bond acceptors (Lipinski definition) is 5. The van der Waals surface area contributed by atoms with Gasteiger partial charge in [0.1, 0.15) is 0 Å². The van der Waals surface area contributed by atoms with E-state index in [1.807, 2.05) is 11.8 Å². The molecule has 5 nitrogen and oxygen atoms in total. The Morgan fingerprint density at radius 2 is 1.93 bits per heavy atom. The molecule has 8 heteroatoms. The lowest BCUT2D eigenvalue weighted by Gasteiger charge is -2.22. The summed E-state index contributed by atoms with van der Waals surface area (Å²) in [6.07, 6.45) is 0.416. The van der Waals surface area contributed by atoms with E-state index < -0.39 is 9.84 Å². The Morgan fingerprint density at radius 1 is 1.15 bits per heavy atom. The first kappa shape index (κ1) is 21.8. The predicted octanol–water partition coefficient (Wildman–Crippen LogP) is 3.12. The summed E-state index contributed by atoms with van der Waals surface area (Å²) in [5.41, 5.74) is 1.28. The molecule has 1 amide bonds. The molecule has 1 saturated heterocycles. The van der Waals surface area contributed by atoms with Crippen LogP contribution in [0.1, 0.15) is 12.0 Å². The summed E-state index contributed by atoms with van der Waals surface area (Å²) >= 11 is 1.85. The van der Waals surface area contributed by atoms with Crippen molar-refractivity contribution in [3.8, 4) is 0 Å². The molecule has 0 bridgehead atoms. The SMILES string of the molecule is Cl.O=C(CC1CSCCN1)Nc1cccc(CS(=O)(=O)c2ccccc2)c1. The fourth-order valence-electron chi connectivity index (χ4n) is 2.86. The van der Waals surface area contributed by atoms with Gasteiger partial charge in [-0.2, -0.15) is 11.8 Å². The van der Waals surface area contributed by atoms with Crippen molar-refractivity contribution in [3.63, 3.8) is 0 Å². The van der Waals surface area contributed by atoms with Gasteiger partial charge in [-0.3, -0.25) is 4.79 Å². The summed E-state index contributed by atoms with van der Waals surface area (Å²) in [6, 6.07) is 15.6. The molecule has 0 aromatic heterocycles. The van der Waals surface area contributed by atoms with E-state index in [1.165, 1.54) is 0 Å². The van der Waals surface area contributed by atoms with E-state index in [1.54, 1.807) is 54.6 Å². The monoisotopic (exact) mass is 426 g/mol. The zero-order valence-electron chi connectivity index (χ0n) is 14.8. The fourth-order valence-corrected chi connectivity index (χ4v) is 5.16. The van der Waals surface area contributed by atoms with E-state index in [2.05, 4.69) is 10.6 Å². The highest BCUT2D eigenvalue weighted by molar-refractivity contribution is 7.99. The van der Waals surface area contributed by atoms with Crippen LogP contribution < -0.4 is 10.6 Å². The minimum Gasteiger partial charge on any atom is -0.326 e. The van der Waals surface area contributed by atoms with E-state index in [4.69, 9.17) is 0 Å². The standard InChI is InChI=1S/C19H22N2O3S2.ClH/c22-19(12-17-13-25-10-9-20-17)21-16-6-4-5-15(11-16)14-26(23,24)18-7-2-1-3-8-18;/h1-8,11,17,20H,9-10,12-14H2,(H,21,22);1H. The van der Waals surface area contributed by atoms with Crippen LogP contribution in [0, 0.1) is 0 Å². The number of amides is 1. The van der Waals surface area contributed by atoms with E-state index in [-0.39, 0.29) is 30.1 Å². The summed E-state index contributed by atoms with van der Waals surface area (Å²) in [5, 5.41) is 6.21. The molecule has 27 heavy (non-hydrogen) atoms. The van der Waals surface area contributed by atoms with E-state index in [9.17, 15) is 13.2 Å². The maximum atomic E-state index is 12.5. The lowest BCUT2D eigenvalue weighted by molar-refractivity contribution is -0.116. The van der Waals surface area contributed by atoms with Gasteiger partial charge in [0.2, 0.25) is 5.91 Å². The third kappa shape index (κ3) is 6.53. The zero-order chi connectivity index (χ0) is 18.4. The largest absolute Gasteiger partial charge is 0.326 e. The maximum absolute atomic E-state index is 12.5. The van der Waals surface area contributed by atoms with Gasteiger partial charge in [-0.1, -0.05) is 30.3 Å². The Hall–Kier alpha value is -1.54. The number of rotatable bonds is 6. The van der Waals surface area contributed by atoms with Crippen molar-refractivity contribution in [2.24, 2.45) is 0 Å². The van der Waals surface area contributed by atoms with Gasteiger partial charge in [0.25, 0.3) is 0 Å². The molecule has 0 aliphatic carbocycles. The van der Waals surface area contributed by atoms with Gasteiger partial charge in [0, 0.05) is 36.2 Å². The first-order valence-corrected chi connectivity index (χ1v) is 11.3. The minimum absolute atomic E-state index is 0. The van der Waals surface area contributed by atoms with Crippen LogP contribution in [0.5, 0.6) is 0 Å². The van der Waals surface area contributed by atoms with Crippen LogP contribution in [0.15, 0.2) is 59.5 Å². The first-order chi connectivity index (χ1) is 12.5. The van der Waals surface area contributed by atoms with Gasteiger partial charge in [0.05, 0.1) is 10.6 Å². The average Bonchev–Trinajstić information content (AvgIpc) is 2.63. The topological polar surface area (TPSA) is 75.3 Å². The van der Waals surface area contributed by atoms with Crippen molar-refractivity contribution < 1.29 is 13.2 Å². The average molecular weight is 427 g/mol. The van der Waals surface area contributed by atoms with Crippen molar-refractivity contribution in [1.82, 2.24) is 5.32 Å². The number of carbonyl (C=O) groups excluding carboxylic acids is 1. The van der Waals surface area contributed by atoms with Gasteiger partial charge in [0.15, 0.2) is 9.84 Å². The predicted molar refractivity (Wildman–Crippen MR) is 113 cm³/mol. The lowest BCUT2D eigenvalue weighted by atomic mass is 10.2. The molecule has 1 aliphatic heterocycles. The van der Waals surface area contributed by atoms with Crippen LogP contribution in [0.25, 0.3) is 0 Å². The van der Waals surface area contributed by atoms with E-state index in [0.717, 1.165) is 18.1 Å². The highest BCUT2D eigenvalue weighted by atomic mass is 35.5. The number of thioether (sulfide) groups is 1. The molecule has 2 N–H and O–H groups in total. The summed E-state index contributed by atoms with van der Waals surface area (Å²) in [5.74, 6) is 1.86. The summed E-state index contributed by atoms with van der Waals surface area (Å²) in [4.78, 5) is 12.5. The van der Waals surface area contributed by atoms with Crippen molar-refractivity contribution >= 4 is 45.6 Å². The van der Waals surface area contributed by atoms with Crippen LogP contribution in [0.2, 0.25) is 0 Å². The van der Waals surface area contributed by atoms with Gasteiger partial charge in [-0.15, -0.1) is 12.4 Å². The molecule has 1 aliphatic rings. The molecule has 0 spiro atoms. The Bertz CT molecular complexity index is 854. The smallest absolute Gasteiger partial charge is 0.225 e. The number of hydrogen-bond donors (Lipinski definition) is 2. The van der Waals surface area contributed by atoms with Crippen molar-refractivity contribution in [1.29, 1.82) is 0 Å². The van der Waals surface area contributed by atoms with Crippen LogP contribution >= 0.6 is 24.2 Å². The highest BCUT2D eigenvalue weighted by Gasteiger charge is 2.18. The maximum Gasteiger partial charge on any atom is 0.225 e. The Balaban J connectivity index is 0.00000261. The fraction of sp³-hybridized carbons (Fsp3) is 0.316. The molecule has 1 heterocycles. The van der Waals surface area contributed by atoms with Crippen LogP contribution in [-0.2, 0) is 20.4 Å². The molecule has 146 valence electrons. The molecule has 3 rings (SSSR count). The van der Waals surface area contributed by atoms with Crippen LogP contribution in [0.4, 0.5) is 5.69 Å². The van der Waals surface area contributed by atoms with E-state index in [0.29, 0.717) is 22.6 Å². The second kappa shape index (κ2) is 10.1. The molecule has 1 unspecified atom stereocenters. The second-order valence-corrected chi connectivity index (χ2v) is 9.39. The Labute approximate surface area is 170 Å². The molecule has 1 fully saturated rings. The molecule has 0 saturated carbocycles. The third-order valence-electron chi connectivity index (χ3n) is 4.10. The first-order valence-electron chi connectivity index (χ1n) is 8.51. The number of carbonyl (C=O) groups is 1. The number of halogens is 1. The lowest BCUT2D eigenvalue weighted by Crippen LogP contribution is -2.39. The minimum atomic E-state index is -3.41. The van der Waals surface area contributed by atoms with Crippen LogP contribution in [0.3, 0.4) is 0 Å². The number of nitrogens with one attached hydrogen (secondary N) is 2. The van der Waals surface area contributed by atoms with Crippen molar-refractivity contribution in [3.05, 3.63) is 60.2 Å². The van der Waals surface area contributed by atoms with Crippen molar-refractivity contribution in [2.75, 3.05) is 23.4 Å². The third-order valence-corrected chi connectivity index (χ3v) is 6.93. The summed E-state index contributed by atoms with van der Waals surface area (Å²) in [7, 11) is -3.41. The van der Waals surface area contributed by atoms with Gasteiger partial charge in [-0.05, 0) is 29.8 Å². The molecular formula is C19H23ClN2O3S2. The van der Waals surface area contributed by atoms with Gasteiger partial charge in [-0.25, -0.2) is 8.42 Å². The summed E-state index contributed by atoms with van der Waals surface area (Å²) < 4.78 is 25.0. The molecule has 1 atom stereocenters. The van der Waals surface area contributed by atoms with Gasteiger partial charge >= 0.3 is 0 Å². The number of anilines is 1. The number of benzene rings is 2. The normalized spacial score (nSPS) is 17.0. The van der Waals surface area contributed by atoms with Crippen LogP contribution in [-0.4, -0.2) is 38.4 Å². The molecule has 2 aromatic carbocycles. The van der Waals surface area contributed by atoms with Gasteiger partial charge < -0.3 is 10.6 Å². The summed E-state index contributed by atoms with van der Waals surface area (Å²) in [6.45, 7) is 0.926. The van der Waals surface area contributed by atoms with Crippen molar-refractivity contribution in [2.45, 2.75) is 23.1 Å². The zero-order valence-corrected chi connectivity index (χ0v) is 17.2. The Kier molecular flexibility index (Phi) is 8.16. The van der Waals surface area contributed by atoms with E-state index >= 15 is 0 Å². The Morgan fingerprint density at radius 3 is 2.63 bits per heavy atom. The second-order valence-electron chi connectivity index (χ2n) is 6.25. The highest BCUT2D eigenvalue weighted by Crippen LogP contribution is 2.19.